The Morgan fingerprint density at radius 3 is 2.58 bits per heavy atom. The number of nitrogens with one attached hydrogen (secondary N) is 3. The zero-order valence-electron chi connectivity index (χ0n) is 11.6. The first kappa shape index (κ1) is 15.0. The van der Waals surface area contributed by atoms with Crippen LogP contribution in [0.1, 0.15) is 33.0 Å². The van der Waals surface area contributed by atoms with Gasteiger partial charge >= 0.3 is 6.03 Å². The molecule has 7 heteroatoms. The molecule has 1 heterocycles. The molecule has 0 bridgehead atoms. The quantitative estimate of drug-likeness (QED) is 0.752. The van der Waals surface area contributed by atoms with Crippen LogP contribution >= 0.6 is 0 Å². The molecule has 106 valence electrons. The van der Waals surface area contributed by atoms with Crippen molar-refractivity contribution in [2.75, 3.05) is 5.32 Å². The van der Waals surface area contributed by atoms with Crippen LogP contribution in [0.4, 0.5) is 10.6 Å². The molecule has 0 aliphatic heterocycles. The predicted octanol–water partition coefficient (Wildman–Crippen LogP) is 1.41. The predicted molar refractivity (Wildman–Crippen MR) is 70.8 cm³/mol. The number of aromatic nitrogens is 1. The van der Waals surface area contributed by atoms with Crippen molar-refractivity contribution in [2.45, 2.75) is 46.2 Å². The molecular formula is C12H20N4O3. The Morgan fingerprint density at radius 1 is 1.37 bits per heavy atom. The SMILES string of the molecule is CCC(C)NC(=O)NC(C)C(=O)Nc1cc(C)on1. The molecule has 0 aromatic carbocycles. The minimum absolute atomic E-state index is 0.0634. The van der Waals surface area contributed by atoms with Crippen LogP contribution in [0.25, 0.3) is 0 Å². The van der Waals surface area contributed by atoms with Crippen LogP contribution in [0.5, 0.6) is 0 Å². The van der Waals surface area contributed by atoms with E-state index in [0.29, 0.717) is 11.6 Å². The Morgan fingerprint density at radius 2 is 2.05 bits per heavy atom. The minimum atomic E-state index is -0.666. The van der Waals surface area contributed by atoms with Gasteiger partial charge < -0.3 is 20.5 Å². The Balaban J connectivity index is 2.42. The van der Waals surface area contributed by atoms with Crippen molar-refractivity contribution >= 4 is 17.8 Å². The van der Waals surface area contributed by atoms with Gasteiger partial charge in [-0.3, -0.25) is 4.79 Å². The Kier molecular flexibility index (Phi) is 5.35. The topological polar surface area (TPSA) is 96.3 Å². The molecule has 0 fully saturated rings. The summed E-state index contributed by atoms with van der Waals surface area (Å²) in [4.78, 5) is 23.3. The minimum Gasteiger partial charge on any atom is -0.360 e. The lowest BCUT2D eigenvalue weighted by Gasteiger charge is -2.16. The van der Waals surface area contributed by atoms with Gasteiger partial charge in [0.15, 0.2) is 5.82 Å². The van der Waals surface area contributed by atoms with Crippen LogP contribution in [-0.4, -0.2) is 29.2 Å². The van der Waals surface area contributed by atoms with Crippen molar-refractivity contribution in [3.8, 4) is 0 Å². The molecule has 19 heavy (non-hydrogen) atoms. The zero-order valence-corrected chi connectivity index (χ0v) is 11.6. The molecule has 3 N–H and O–H groups in total. The number of hydrogen-bond donors (Lipinski definition) is 3. The number of rotatable bonds is 5. The van der Waals surface area contributed by atoms with Gasteiger partial charge in [-0.2, -0.15) is 0 Å². The third kappa shape index (κ3) is 4.99. The molecular weight excluding hydrogens is 248 g/mol. The monoisotopic (exact) mass is 268 g/mol. The molecule has 0 saturated carbocycles. The maximum atomic E-state index is 11.8. The van der Waals surface area contributed by atoms with Crippen molar-refractivity contribution in [1.82, 2.24) is 15.8 Å². The molecule has 0 aliphatic carbocycles. The number of aryl methyl sites for hydroxylation is 1. The van der Waals surface area contributed by atoms with E-state index in [1.165, 1.54) is 0 Å². The van der Waals surface area contributed by atoms with Gasteiger partial charge in [0.2, 0.25) is 5.91 Å². The summed E-state index contributed by atoms with van der Waals surface area (Å²) < 4.78 is 4.83. The number of amides is 3. The van der Waals surface area contributed by atoms with Crippen molar-refractivity contribution < 1.29 is 14.1 Å². The lowest BCUT2D eigenvalue weighted by Crippen LogP contribution is -2.48. The summed E-state index contributed by atoms with van der Waals surface area (Å²) in [6, 6.07) is 0.631. The van der Waals surface area contributed by atoms with Gasteiger partial charge in [-0.05, 0) is 27.2 Å². The lowest BCUT2D eigenvalue weighted by atomic mass is 10.2. The lowest BCUT2D eigenvalue weighted by molar-refractivity contribution is -0.117. The fourth-order valence-corrected chi connectivity index (χ4v) is 1.29. The second kappa shape index (κ2) is 6.77. The number of anilines is 1. The molecule has 0 radical (unpaired) electrons. The zero-order chi connectivity index (χ0) is 14.4. The molecule has 1 rings (SSSR count). The summed E-state index contributed by atoms with van der Waals surface area (Å²) >= 11 is 0. The molecule has 0 aliphatic rings. The summed E-state index contributed by atoms with van der Waals surface area (Å²) in [6.45, 7) is 7.18. The first-order valence-electron chi connectivity index (χ1n) is 6.23. The number of carbonyl (C=O) groups is 2. The van der Waals surface area contributed by atoms with Crippen LogP contribution in [0.2, 0.25) is 0 Å². The summed E-state index contributed by atoms with van der Waals surface area (Å²) in [5, 5.41) is 11.5. The molecule has 7 nitrogen and oxygen atoms in total. The molecule has 3 amide bonds. The van der Waals surface area contributed by atoms with E-state index < -0.39 is 6.04 Å². The first-order valence-corrected chi connectivity index (χ1v) is 6.23. The highest BCUT2D eigenvalue weighted by Crippen LogP contribution is 2.07. The van der Waals surface area contributed by atoms with Gasteiger partial charge in [0, 0.05) is 12.1 Å². The third-order valence-corrected chi connectivity index (χ3v) is 2.61. The molecule has 1 aromatic heterocycles. The van der Waals surface area contributed by atoms with E-state index in [0.717, 1.165) is 6.42 Å². The van der Waals surface area contributed by atoms with Gasteiger partial charge in [-0.15, -0.1) is 0 Å². The summed E-state index contributed by atoms with van der Waals surface area (Å²) in [6.07, 6.45) is 0.826. The van der Waals surface area contributed by atoms with Gasteiger partial charge in [-0.25, -0.2) is 4.79 Å². The van der Waals surface area contributed by atoms with Crippen LogP contribution in [0.15, 0.2) is 10.6 Å². The summed E-state index contributed by atoms with van der Waals surface area (Å²) in [7, 11) is 0. The molecule has 1 aromatic rings. The normalized spacial score (nSPS) is 13.5. The summed E-state index contributed by atoms with van der Waals surface area (Å²) in [5.74, 6) is 0.580. The Bertz CT molecular complexity index is 444. The van der Waals surface area contributed by atoms with E-state index in [9.17, 15) is 9.59 Å². The number of urea groups is 1. The average Bonchev–Trinajstić information content (AvgIpc) is 2.74. The van der Waals surface area contributed by atoms with Gasteiger partial charge in [0.25, 0.3) is 0 Å². The number of nitrogens with zero attached hydrogens (tertiary/aromatic N) is 1. The second-order valence-electron chi connectivity index (χ2n) is 4.46. The van der Waals surface area contributed by atoms with Crippen LogP contribution in [0.3, 0.4) is 0 Å². The highest BCUT2D eigenvalue weighted by molar-refractivity contribution is 5.96. The molecule has 2 unspecified atom stereocenters. The fourth-order valence-electron chi connectivity index (χ4n) is 1.29. The smallest absolute Gasteiger partial charge is 0.315 e. The molecule has 0 spiro atoms. The van der Waals surface area contributed by atoms with Crippen molar-refractivity contribution in [3.05, 3.63) is 11.8 Å². The van der Waals surface area contributed by atoms with E-state index in [-0.39, 0.29) is 18.0 Å². The average molecular weight is 268 g/mol. The Labute approximate surface area is 112 Å². The molecule has 2 atom stereocenters. The highest BCUT2D eigenvalue weighted by atomic mass is 16.5. The third-order valence-electron chi connectivity index (χ3n) is 2.61. The standard InChI is InChI=1S/C12H20N4O3/c1-5-7(2)13-12(18)14-9(4)11(17)15-10-6-8(3)19-16-10/h6-7,9H,5H2,1-4H3,(H2,13,14,18)(H,15,16,17). The van der Waals surface area contributed by atoms with Crippen LogP contribution in [0, 0.1) is 6.92 Å². The van der Waals surface area contributed by atoms with Crippen LogP contribution < -0.4 is 16.0 Å². The highest BCUT2D eigenvalue weighted by Gasteiger charge is 2.17. The van der Waals surface area contributed by atoms with E-state index in [1.54, 1.807) is 19.9 Å². The van der Waals surface area contributed by atoms with E-state index in [1.807, 2.05) is 13.8 Å². The number of carbonyl (C=O) groups excluding carboxylic acids is 2. The summed E-state index contributed by atoms with van der Waals surface area (Å²) in [5.41, 5.74) is 0. The van der Waals surface area contributed by atoms with Crippen LogP contribution in [-0.2, 0) is 4.79 Å². The van der Waals surface area contributed by atoms with Crippen molar-refractivity contribution in [3.63, 3.8) is 0 Å². The van der Waals surface area contributed by atoms with Gasteiger partial charge in [-0.1, -0.05) is 12.1 Å². The largest absolute Gasteiger partial charge is 0.360 e. The molecule has 0 saturated heterocycles. The van der Waals surface area contributed by atoms with E-state index in [2.05, 4.69) is 21.1 Å². The van der Waals surface area contributed by atoms with Gasteiger partial charge in [0.05, 0.1) is 0 Å². The number of hydrogen-bond acceptors (Lipinski definition) is 4. The van der Waals surface area contributed by atoms with Crippen molar-refractivity contribution in [1.29, 1.82) is 0 Å². The van der Waals surface area contributed by atoms with E-state index in [4.69, 9.17) is 4.52 Å². The van der Waals surface area contributed by atoms with E-state index >= 15 is 0 Å². The maximum Gasteiger partial charge on any atom is 0.315 e. The second-order valence-corrected chi connectivity index (χ2v) is 4.46. The Hall–Kier alpha value is -2.05. The first-order chi connectivity index (χ1) is 8.92. The van der Waals surface area contributed by atoms with Crippen molar-refractivity contribution in [2.24, 2.45) is 0 Å². The fraction of sp³-hybridized carbons (Fsp3) is 0.583. The maximum absolute atomic E-state index is 11.8. The van der Waals surface area contributed by atoms with Gasteiger partial charge in [0.1, 0.15) is 11.8 Å².